The van der Waals surface area contributed by atoms with Crippen molar-refractivity contribution in [1.29, 1.82) is 0 Å². The van der Waals surface area contributed by atoms with Gasteiger partial charge in [0.25, 0.3) is 0 Å². The molecule has 0 aromatic heterocycles. The first-order valence-electron chi connectivity index (χ1n) is 11.7. The average Bonchev–Trinajstić information content (AvgIpc) is 3.52. The third-order valence-corrected chi connectivity index (χ3v) is 8.17. The minimum atomic E-state index is -0.801. The maximum Gasteiger partial charge on any atom is 0.407 e. The molecule has 1 aliphatic carbocycles. The Morgan fingerprint density at radius 2 is 1.71 bits per heavy atom. The third kappa shape index (κ3) is 4.27. The molecule has 0 spiro atoms. The van der Waals surface area contributed by atoms with Gasteiger partial charge in [0.2, 0.25) is 5.91 Å². The number of carboxylic acids is 1. The molecule has 3 atom stereocenters. The molecule has 34 heavy (non-hydrogen) atoms. The van der Waals surface area contributed by atoms with Gasteiger partial charge in [-0.2, -0.15) is 11.8 Å². The topological polar surface area (TPSA) is 95.9 Å². The van der Waals surface area contributed by atoms with Crippen LogP contribution in [0.1, 0.15) is 36.3 Å². The Morgan fingerprint density at radius 3 is 2.35 bits per heavy atom. The van der Waals surface area contributed by atoms with Crippen LogP contribution in [0.4, 0.5) is 4.79 Å². The molecular weight excluding hydrogens is 452 g/mol. The van der Waals surface area contributed by atoms with E-state index in [-0.39, 0.29) is 30.5 Å². The van der Waals surface area contributed by atoms with E-state index in [9.17, 15) is 19.5 Å². The summed E-state index contributed by atoms with van der Waals surface area (Å²) in [6, 6.07) is 16.3. The fourth-order valence-corrected chi connectivity index (χ4v) is 6.47. The zero-order valence-electron chi connectivity index (χ0n) is 18.8. The highest BCUT2D eigenvalue weighted by molar-refractivity contribution is 7.99. The second kappa shape index (κ2) is 9.70. The molecule has 7 nitrogen and oxygen atoms in total. The summed E-state index contributed by atoms with van der Waals surface area (Å²) in [6.07, 6.45) is 1.78. The number of alkyl carbamates (subject to hydrolysis) is 1. The molecule has 0 unspecified atom stereocenters. The number of rotatable bonds is 8. The quantitative estimate of drug-likeness (QED) is 0.559. The lowest BCUT2D eigenvalue weighted by molar-refractivity contribution is -0.143. The normalized spacial score (nSPS) is 22.4. The summed E-state index contributed by atoms with van der Waals surface area (Å²) in [5.41, 5.74) is 4.72. The van der Waals surface area contributed by atoms with Crippen LogP contribution < -0.4 is 5.32 Å². The minimum absolute atomic E-state index is 0.00221. The number of fused-ring (bicyclic) bond motifs is 5. The molecule has 8 heteroatoms. The van der Waals surface area contributed by atoms with Gasteiger partial charge in [-0.3, -0.25) is 9.59 Å². The van der Waals surface area contributed by atoms with Gasteiger partial charge >= 0.3 is 12.1 Å². The lowest BCUT2D eigenvalue weighted by atomic mass is 9.89. The summed E-state index contributed by atoms with van der Waals surface area (Å²) in [4.78, 5) is 38.1. The first kappa shape index (κ1) is 22.8. The van der Waals surface area contributed by atoms with Crippen LogP contribution in [0, 0.1) is 5.92 Å². The van der Waals surface area contributed by atoms with Crippen molar-refractivity contribution < 1.29 is 24.2 Å². The van der Waals surface area contributed by atoms with Crippen LogP contribution >= 0.6 is 11.8 Å². The molecule has 5 rings (SSSR count). The number of carbonyl (C=O) groups excluding carboxylic acids is 2. The van der Waals surface area contributed by atoms with E-state index in [2.05, 4.69) is 29.6 Å². The molecule has 3 aliphatic rings. The maximum absolute atomic E-state index is 12.6. The summed E-state index contributed by atoms with van der Waals surface area (Å²) in [6.45, 7) is 0.674. The molecule has 2 aromatic carbocycles. The monoisotopic (exact) mass is 480 g/mol. The van der Waals surface area contributed by atoms with E-state index >= 15 is 0 Å². The van der Waals surface area contributed by atoms with Crippen molar-refractivity contribution in [3.63, 3.8) is 0 Å². The van der Waals surface area contributed by atoms with Gasteiger partial charge in [0.1, 0.15) is 6.61 Å². The minimum Gasteiger partial charge on any atom is -0.481 e. The van der Waals surface area contributed by atoms with Crippen molar-refractivity contribution in [2.75, 3.05) is 24.7 Å². The SMILES string of the molecule is O=C(NCCSCC(=O)N1[C@@H]2CC[C@H]1[C@@H](C(=O)O)C2)OCC1c2ccccc2-c2ccccc21. The molecule has 0 saturated carbocycles. The Kier molecular flexibility index (Phi) is 6.50. The zero-order valence-corrected chi connectivity index (χ0v) is 19.6. The summed E-state index contributed by atoms with van der Waals surface area (Å²) >= 11 is 1.45. The number of amides is 2. The van der Waals surface area contributed by atoms with E-state index < -0.39 is 18.0 Å². The molecule has 0 radical (unpaired) electrons. The van der Waals surface area contributed by atoms with Gasteiger partial charge in [0.15, 0.2) is 0 Å². The number of carbonyl (C=O) groups is 3. The first-order valence-corrected chi connectivity index (χ1v) is 12.9. The Balaban J connectivity index is 1.04. The second-order valence-electron chi connectivity index (χ2n) is 9.08. The summed E-state index contributed by atoms with van der Waals surface area (Å²) in [5, 5.41) is 12.1. The van der Waals surface area contributed by atoms with Crippen LogP contribution in [-0.4, -0.2) is 64.7 Å². The predicted octanol–water partition coefficient (Wildman–Crippen LogP) is 3.72. The van der Waals surface area contributed by atoms with Gasteiger partial charge < -0.3 is 20.1 Å². The number of nitrogens with zero attached hydrogens (tertiary/aromatic N) is 1. The van der Waals surface area contributed by atoms with Crippen LogP contribution in [0.3, 0.4) is 0 Å². The van der Waals surface area contributed by atoms with Crippen molar-refractivity contribution in [2.45, 2.75) is 37.3 Å². The highest BCUT2D eigenvalue weighted by Gasteiger charge is 2.51. The third-order valence-electron chi connectivity index (χ3n) is 7.23. The van der Waals surface area contributed by atoms with Crippen LogP contribution in [-0.2, 0) is 14.3 Å². The molecule has 178 valence electrons. The van der Waals surface area contributed by atoms with Crippen LogP contribution in [0.2, 0.25) is 0 Å². The Hall–Kier alpha value is -3.00. The van der Waals surface area contributed by atoms with Crippen LogP contribution in [0.5, 0.6) is 0 Å². The molecule has 2 N–H and O–H groups in total. The Morgan fingerprint density at radius 1 is 1.03 bits per heavy atom. The highest BCUT2D eigenvalue weighted by Crippen LogP contribution is 2.44. The molecule has 2 saturated heterocycles. The first-order chi connectivity index (χ1) is 16.5. The number of benzene rings is 2. The smallest absolute Gasteiger partial charge is 0.407 e. The molecular formula is C26H28N2O5S. The van der Waals surface area contributed by atoms with Crippen molar-refractivity contribution in [2.24, 2.45) is 5.92 Å². The van der Waals surface area contributed by atoms with Crippen LogP contribution in [0.25, 0.3) is 11.1 Å². The number of thioether (sulfide) groups is 1. The number of nitrogens with one attached hydrogen (secondary N) is 1. The van der Waals surface area contributed by atoms with E-state index in [1.807, 2.05) is 24.3 Å². The van der Waals surface area contributed by atoms with Gasteiger partial charge in [-0.05, 0) is 41.5 Å². The Labute approximate surface area is 202 Å². The van der Waals surface area contributed by atoms with E-state index in [0.717, 1.165) is 12.8 Å². The number of hydrogen-bond donors (Lipinski definition) is 2. The summed E-state index contributed by atoms with van der Waals surface area (Å²) < 4.78 is 5.53. The van der Waals surface area contributed by atoms with Crippen LogP contribution in [0.15, 0.2) is 48.5 Å². The van der Waals surface area contributed by atoms with Gasteiger partial charge in [-0.1, -0.05) is 48.5 Å². The largest absolute Gasteiger partial charge is 0.481 e. The van der Waals surface area contributed by atoms with Crippen molar-refractivity contribution in [3.05, 3.63) is 59.7 Å². The molecule has 2 fully saturated rings. The molecule has 2 amide bonds. The van der Waals surface area contributed by atoms with Gasteiger partial charge in [-0.15, -0.1) is 0 Å². The Bertz CT molecular complexity index is 1060. The maximum atomic E-state index is 12.6. The zero-order chi connectivity index (χ0) is 23.7. The van der Waals surface area contributed by atoms with Crippen molar-refractivity contribution >= 4 is 29.7 Å². The van der Waals surface area contributed by atoms with Gasteiger partial charge in [0, 0.05) is 30.3 Å². The van der Waals surface area contributed by atoms with Crippen molar-refractivity contribution in [1.82, 2.24) is 10.2 Å². The lowest BCUT2D eigenvalue weighted by Gasteiger charge is -2.23. The molecule has 2 aromatic rings. The standard InChI is InChI=1S/C26H28N2O5S/c29-24(28-16-9-10-23(28)21(13-16)25(30)31)15-34-12-11-27-26(32)33-14-22-19-7-3-1-5-17(19)18-6-2-4-8-20(18)22/h1-8,16,21-23H,9-15H2,(H,27,32)(H,30,31)/t16-,21+,23+/m1/s1. The van der Waals surface area contributed by atoms with E-state index in [1.54, 1.807) is 4.90 Å². The number of hydrogen-bond acceptors (Lipinski definition) is 5. The molecule has 2 bridgehead atoms. The van der Waals surface area contributed by atoms with Gasteiger partial charge in [0.05, 0.1) is 11.7 Å². The van der Waals surface area contributed by atoms with E-state index in [1.165, 1.54) is 34.0 Å². The molecule has 2 aliphatic heterocycles. The van der Waals surface area contributed by atoms with Gasteiger partial charge in [-0.25, -0.2) is 4.79 Å². The number of carboxylic acid groups (broad SMARTS) is 1. The number of ether oxygens (including phenoxy) is 1. The summed E-state index contributed by atoms with van der Waals surface area (Å²) in [5.74, 6) is -0.321. The fourth-order valence-electron chi connectivity index (χ4n) is 5.75. The predicted molar refractivity (Wildman–Crippen MR) is 130 cm³/mol. The molecule has 2 heterocycles. The number of aliphatic carboxylic acids is 1. The van der Waals surface area contributed by atoms with Crippen molar-refractivity contribution in [3.8, 4) is 11.1 Å². The highest BCUT2D eigenvalue weighted by atomic mass is 32.2. The second-order valence-corrected chi connectivity index (χ2v) is 10.2. The van der Waals surface area contributed by atoms with E-state index in [4.69, 9.17) is 4.74 Å². The summed E-state index contributed by atoms with van der Waals surface area (Å²) in [7, 11) is 0. The lowest BCUT2D eigenvalue weighted by Crippen LogP contribution is -2.39. The average molecular weight is 481 g/mol. The fraction of sp³-hybridized carbons (Fsp3) is 0.423. The van der Waals surface area contributed by atoms with E-state index in [0.29, 0.717) is 24.5 Å².